The van der Waals surface area contributed by atoms with Gasteiger partial charge in [0.25, 0.3) is 0 Å². The highest BCUT2D eigenvalue weighted by molar-refractivity contribution is 5.88. The Hall–Kier alpha value is -2.44. The summed E-state index contributed by atoms with van der Waals surface area (Å²) in [5.74, 6) is 0.839. The maximum absolute atomic E-state index is 12.4. The van der Waals surface area contributed by atoms with Crippen molar-refractivity contribution in [2.45, 2.75) is 12.5 Å². The zero-order valence-electron chi connectivity index (χ0n) is 14.2. The molecule has 130 valence electrons. The number of methoxy groups -OCH3 is 1. The first-order valence-electron chi connectivity index (χ1n) is 8.28. The summed E-state index contributed by atoms with van der Waals surface area (Å²) in [7, 11) is 3.43. The summed E-state index contributed by atoms with van der Waals surface area (Å²) in [6, 6.07) is 7.37. The Morgan fingerprint density at radius 3 is 2.50 bits per heavy atom. The van der Waals surface area contributed by atoms with E-state index in [0.717, 1.165) is 24.5 Å². The van der Waals surface area contributed by atoms with E-state index in [-0.39, 0.29) is 18.0 Å². The molecule has 0 bridgehead atoms. The van der Waals surface area contributed by atoms with Crippen LogP contribution in [0.2, 0.25) is 0 Å². The van der Waals surface area contributed by atoms with Crippen LogP contribution in [0.5, 0.6) is 5.75 Å². The SMILES string of the molecule is COc1ccccc1N1CCN(C(=O)N[C@@H]2CCN(C)C2=O)CC1. The van der Waals surface area contributed by atoms with Gasteiger partial charge in [0.2, 0.25) is 5.91 Å². The number of carbonyl (C=O) groups is 2. The minimum absolute atomic E-state index is 0.00370. The van der Waals surface area contributed by atoms with Gasteiger partial charge in [-0.1, -0.05) is 12.1 Å². The molecule has 0 saturated carbocycles. The first-order valence-corrected chi connectivity index (χ1v) is 8.28. The smallest absolute Gasteiger partial charge is 0.318 e. The van der Waals surface area contributed by atoms with E-state index in [1.54, 1.807) is 24.0 Å². The molecule has 2 aliphatic rings. The maximum Gasteiger partial charge on any atom is 0.318 e. The third-order valence-corrected chi connectivity index (χ3v) is 4.72. The van der Waals surface area contributed by atoms with E-state index in [1.165, 1.54) is 0 Å². The number of urea groups is 1. The van der Waals surface area contributed by atoms with E-state index in [1.807, 2.05) is 24.3 Å². The predicted molar refractivity (Wildman–Crippen MR) is 91.4 cm³/mol. The molecule has 1 aromatic rings. The summed E-state index contributed by atoms with van der Waals surface area (Å²) in [5.41, 5.74) is 1.05. The number of benzene rings is 1. The number of anilines is 1. The van der Waals surface area contributed by atoms with E-state index < -0.39 is 0 Å². The standard InChI is InChI=1S/C17H24N4O3/c1-19-8-7-13(16(19)22)18-17(23)21-11-9-20(10-12-21)14-5-3-4-6-15(14)24-2/h3-6,13H,7-12H2,1-2H3,(H,18,23)/t13-/m1/s1. The fourth-order valence-electron chi connectivity index (χ4n) is 3.24. The maximum atomic E-state index is 12.4. The van der Waals surface area contributed by atoms with Crippen LogP contribution in [-0.2, 0) is 4.79 Å². The summed E-state index contributed by atoms with van der Waals surface area (Å²) < 4.78 is 5.41. The van der Waals surface area contributed by atoms with Crippen molar-refractivity contribution in [2.24, 2.45) is 0 Å². The highest BCUT2D eigenvalue weighted by Gasteiger charge is 2.32. The number of carbonyl (C=O) groups excluding carboxylic acids is 2. The first kappa shape index (κ1) is 16.4. The molecule has 1 N–H and O–H groups in total. The van der Waals surface area contributed by atoms with Crippen LogP contribution in [0, 0.1) is 0 Å². The second-order valence-corrected chi connectivity index (χ2v) is 6.20. The number of hydrogen-bond acceptors (Lipinski definition) is 4. The first-order chi connectivity index (χ1) is 11.6. The summed E-state index contributed by atoms with van der Waals surface area (Å²) in [5, 5.41) is 2.86. The minimum Gasteiger partial charge on any atom is -0.495 e. The molecule has 1 atom stereocenters. The Morgan fingerprint density at radius 1 is 1.17 bits per heavy atom. The monoisotopic (exact) mass is 332 g/mol. The van der Waals surface area contributed by atoms with Crippen molar-refractivity contribution in [1.82, 2.24) is 15.1 Å². The molecule has 7 heteroatoms. The molecule has 1 aromatic carbocycles. The Labute approximate surface area is 142 Å². The molecule has 0 aromatic heterocycles. The van der Waals surface area contributed by atoms with Crippen LogP contribution in [-0.4, -0.2) is 74.7 Å². The number of likely N-dealkylation sites (N-methyl/N-ethyl adjacent to an activating group) is 1. The van der Waals surface area contributed by atoms with Crippen molar-refractivity contribution in [3.8, 4) is 5.75 Å². The van der Waals surface area contributed by atoms with Crippen LogP contribution in [0.3, 0.4) is 0 Å². The van der Waals surface area contributed by atoms with Gasteiger partial charge in [0.15, 0.2) is 0 Å². The van der Waals surface area contributed by atoms with E-state index in [4.69, 9.17) is 4.74 Å². The molecule has 0 spiro atoms. The summed E-state index contributed by atoms with van der Waals surface area (Å²) >= 11 is 0. The van der Waals surface area contributed by atoms with E-state index >= 15 is 0 Å². The lowest BCUT2D eigenvalue weighted by atomic mass is 10.2. The molecule has 3 amide bonds. The summed E-state index contributed by atoms with van der Waals surface area (Å²) in [4.78, 5) is 29.9. The molecule has 2 heterocycles. The van der Waals surface area contributed by atoms with Gasteiger partial charge < -0.3 is 24.8 Å². The lowest BCUT2D eigenvalue weighted by Gasteiger charge is -2.36. The zero-order valence-corrected chi connectivity index (χ0v) is 14.2. The highest BCUT2D eigenvalue weighted by atomic mass is 16.5. The molecular weight excluding hydrogens is 308 g/mol. The number of para-hydroxylation sites is 2. The van der Waals surface area contributed by atoms with Gasteiger partial charge in [0.05, 0.1) is 12.8 Å². The average molecular weight is 332 g/mol. The van der Waals surface area contributed by atoms with Gasteiger partial charge >= 0.3 is 6.03 Å². The van der Waals surface area contributed by atoms with E-state index in [0.29, 0.717) is 26.1 Å². The molecular formula is C17H24N4O3. The fraction of sp³-hybridized carbons (Fsp3) is 0.529. The molecule has 2 saturated heterocycles. The number of rotatable bonds is 3. The molecule has 3 rings (SSSR count). The number of likely N-dealkylation sites (tertiary alicyclic amines) is 1. The van der Waals surface area contributed by atoms with E-state index in [2.05, 4.69) is 10.2 Å². The van der Waals surface area contributed by atoms with Crippen LogP contribution in [0.25, 0.3) is 0 Å². The van der Waals surface area contributed by atoms with Gasteiger partial charge in [0.1, 0.15) is 11.8 Å². The molecule has 0 radical (unpaired) electrons. The Kier molecular flexibility index (Phi) is 4.78. The molecule has 24 heavy (non-hydrogen) atoms. The number of amides is 3. The molecule has 0 aliphatic carbocycles. The van der Waals surface area contributed by atoms with Gasteiger partial charge in [-0.3, -0.25) is 4.79 Å². The third kappa shape index (κ3) is 3.25. The normalized spacial score (nSPS) is 21.2. The molecule has 0 unspecified atom stereocenters. The van der Waals surface area contributed by atoms with Crippen molar-refractivity contribution >= 4 is 17.6 Å². The second-order valence-electron chi connectivity index (χ2n) is 6.20. The lowest BCUT2D eigenvalue weighted by molar-refractivity contribution is -0.128. The van der Waals surface area contributed by atoms with Crippen molar-refractivity contribution in [3.05, 3.63) is 24.3 Å². The van der Waals surface area contributed by atoms with Gasteiger partial charge in [-0.05, 0) is 18.6 Å². The number of piperazine rings is 1. The largest absolute Gasteiger partial charge is 0.495 e. The van der Waals surface area contributed by atoms with Crippen molar-refractivity contribution < 1.29 is 14.3 Å². The Bertz CT molecular complexity index is 614. The second kappa shape index (κ2) is 6.98. The quantitative estimate of drug-likeness (QED) is 0.887. The van der Waals surface area contributed by atoms with Crippen LogP contribution in [0.4, 0.5) is 10.5 Å². The number of nitrogens with one attached hydrogen (secondary N) is 1. The number of ether oxygens (including phenoxy) is 1. The van der Waals surface area contributed by atoms with Crippen molar-refractivity contribution in [1.29, 1.82) is 0 Å². The third-order valence-electron chi connectivity index (χ3n) is 4.72. The zero-order chi connectivity index (χ0) is 17.1. The van der Waals surface area contributed by atoms with Crippen LogP contribution in [0.1, 0.15) is 6.42 Å². The topological polar surface area (TPSA) is 65.1 Å². The Balaban J connectivity index is 1.55. The predicted octanol–water partition coefficient (Wildman–Crippen LogP) is 0.758. The van der Waals surface area contributed by atoms with Gasteiger partial charge in [-0.15, -0.1) is 0 Å². The summed E-state index contributed by atoms with van der Waals surface area (Å²) in [6.07, 6.45) is 0.683. The van der Waals surface area contributed by atoms with Crippen LogP contribution < -0.4 is 15.0 Å². The van der Waals surface area contributed by atoms with Gasteiger partial charge in [0, 0.05) is 39.8 Å². The molecule has 2 aliphatic heterocycles. The highest BCUT2D eigenvalue weighted by Crippen LogP contribution is 2.28. The van der Waals surface area contributed by atoms with Gasteiger partial charge in [-0.2, -0.15) is 0 Å². The Morgan fingerprint density at radius 2 is 1.88 bits per heavy atom. The minimum atomic E-state index is -0.380. The van der Waals surface area contributed by atoms with Crippen LogP contribution >= 0.6 is 0 Å². The lowest BCUT2D eigenvalue weighted by Crippen LogP contribution is -2.54. The molecule has 2 fully saturated rings. The molecule has 7 nitrogen and oxygen atoms in total. The van der Waals surface area contributed by atoms with E-state index in [9.17, 15) is 9.59 Å². The summed E-state index contributed by atoms with van der Waals surface area (Å²) in [6.45, 7) is 3.44. The van der Waals surface area contributed by atoms with Crippen molar-refractivity contribution in [2.75, 3.05) is 51.8 Å². The number of nitrogens with zero attached hydrogens (tertiary/aromatic N) is 3. The number of hydrogen-bond donors (Lipinski definition) is 1. The fourth-order valence-corrected chi connectivity index (χ4v) is 3.24. The van der Waals surface area contributed by atoms with Crippen LogP contribution in [0.15, 0.2) is 24.3 Å². The average Bonchev–Trinajstić information content (AvgIpc) is 2.94. The van der Waals surface area contributed by atoms with Gasteiger partial charge in [-0.25, -0.2) is 4.79 Å². The van der Waals surface area contributed by atoms with Crippen molar-refractivity contribution in [3.63, 3.8) is 0 Å².